The fourth-order valence-corrected chi connectivity index (χ4v) is 3.28. The highest BCUT2D eigenvalue weighted by molar-refractivity contribution is 7.99. The highest BCUT2D eigenvalue weighted by Crippen LogP contribution is 2.30. The number of nitrogens with one attached hydrogen (secondary N) is 1. The molecular weight excluding hydrogens is 254 g/mol. The maximum absolute atomic E-state index is 7.66. The second-order valence-corrected chi connectivity index (χ2v) is 6.65. The van der Waals surface area contributed by atoms with Crippen LogP contribution in [0.2, 0.25) is 0 Å². The molecule has 19 heavy (non-hydrogen) atoms. The molecule has 1 heterocycles. The van der Waals surface area contributed by atoms with Crippen molar-refractivity contribution in [3.63, 3.8) is 0 Å². The summed E-state index contributed by atoms with van der Waals surface area (Å²) in [4.78, 5) is 3.83. The summed E-state index contributed by atoms with van der Waals surface area (Å²) in [6, 6.07) is 10.5. The van der Waals surface area contributed by atoms with Gasteiger partial charge in [0.25, 0.3) is 0 Å². The first-order valence-corrected chi connectivity index (χ1v) is 7.83. The van der Waals surface area contributed by atoms with Crippen molar-refractivity contribution in [2.75, 3.05) is 25.4 Å². The number of nitrogens with two attached hydrogens (primary N) is 1. The maximum Gasteiger partial charge on any atom is 0.0966 e. The molecule has 0 unspecified atom stereocenters. The summed E-state index contributed by atoms with van der Waals surface area (Å²) in [5, 5.41) is 7.66. The predicted octanol–water partition coefficient (Wildman–Crippen LogP) is 2.82. The standard InChI is InChI=1S/C15H23N3S/c1-15(14(16)17)7-9-18(10-8-15)11-12-19-13-5-3-2-4-6-13/h2-6H,7-12H2,1H3,(H3,16,17). The Balaban J connectivity index is 1.70. The Morgan fingerprint density at radius 3 is 2.53 bits per heavy atom. The topological polar surface area (TPSA) is 53.1 Å². The predicted molar refractivity (Wildman–Crippen MR) is 82.9 cm³/mol. The average Bonchev–Trinajstić information content (AvgIpc) is 2.42. The minimum Gasteiger partial charge on any atom is -0.387 e. The summed E-state index contributed by atoms with van der Waals surface area (Å²) in [5.74, 6) is 1.48. The van der Waals surface area contributed by atoms with Crippen LogP contribution in [-0.4, -0.2) is 36.1 Å². The normalized spacial score (nSPS) is 19.2. The zero-order valence-corrected chi connectivity index (χ0v) is 12.4. The van der Waals surface area contributed by atoms with Gasteiger partial charge < -0.3 is 10.6 Å². The zero-order valence-electron chi connectivity index (χ0n) is 11.6. The third-order valence-electron chi connectivity index (χ3n) is 4.03. The summed E-state index contributed by atoms with van der Waals surface area (Å²) < 4.78 is 0. The van der Waals surface area contributed by atoms with Crippen LogP contribution in [-0.2, 0) is 0 Å². The number of rotatable bonds is 5. The number of piperidine rings is 1. The zero-order chi connectivity index (χ0) is 13.7. The first kappa shape index (κ1) is 14.4. The molecule has 1 saturated heterocycles. The molecule has 1 aromatic rings. The fraction of sp³-hybridized carbons (Fsp3) is 0.533. The average molecular weight is 277 g/mol. The van der Waals surface area contributed by atoms with Gasteiger partial charge in [0.15, 0.2) is 0 Å². The van der Waals surface area contributed by atoms with E-state index in [4.69, 9.17) is 11.1 Å². The Morgan fingerprint density at radius 1 is 1.32 bits per heavy atom. The van der Waals surface area contributed by atoms with Crippen molar-refractivity contribution in [3.05, 3.63) is 30.3 Å². The number of benzene rings is 1. The van der Waals surface area contributed by atoms with Gasteiger partial charge in [-0.15, -0.1) is 11.8 Å². The second kappa shape index (κ2) is 6.44. The highest BCUT2D eigenvalue weighted by atomic mass is 32.2. The molecule has 0 spiro atoms. The van der Waals surface area contributed by atoms with E-state index in [9.17, 15) is 0 Å². The fourth-order valence-electron chi connectivity index (χ4n) is 2.35. The van der Waals surface area contributed by atoms with Crippen LogP contribution in [0, 0.1) is 10.8 Å². The van der Waals surface area contributed by atoms with Crippen molar-refractivity contribution >= 4 is 17.6 Å². The molecule has 1 aliphatic rings. The number of amidine groups is 1. The van der Waals surface area contributed by atoms with Crippen LogP contribution in [0.3, 0.4) is 0 Å². The van der Waals surface area contributed by atoms with Crippen LogP contribution in [0.25, 0.3) is 0 Å². The van der Waals surface area contributed by atoms with Gasteiger partial charge in [-0.3, -0.25) is 5.41 Å². The Bertz CT molecular complexity index is 411. The molecular formula is C15H23N3S. The summed E-state index contributed by atoms with van der Waals surface area (Å²) in [5.41, 5.74) is 5.62. The Labute approximate surface area is 120 Å². The SMILES string of the molecule is CC1(C(=N)N)CCN(CCSc2ccccc2)CC1. The first-order chi connectivity index (χ1) is 9.10. The smallest absolute Gasteiger partial charge is 0.0966 e. The van der Waals surface area contributed by atoms with Crippen LogP contribution >= 0.6 is 11.8 Å². The van der Waals surface area contributed by atoms with Gasteiger partial charge in [-0.2, -0.15) is 0 Å². The summed E-state index contributed by atoms with van der Waals surface area (Å²) >= 11 is 1.91. The van der Waals surface area contributed by atoms with Crippen molar-refractivity contribution in [2.45, 2.75) is 24.7 Å². The number of nitrogens with zero attached hydrogens (tertiary/aromatic N) is 1. The van der Waals surface area contributed by atoms with E-state index in [1.807, 2.05) is 11.8 Å². The lowest BCUT2D eigenvalue weighted by atomic mass is 9.79. The number of hydrogen-bond acceptors (Lipinski definition) is 3. The monoisotopic (exact) mass is 277 g/mol. The van der Waals surface area contributed by atoms with E-state index in [0.29, 0.717) is 5.84 Å². The molecule has 3 N–H and O–H groups in total. The number of thioether (sulfide) groups is 1. The molecule has 1 aromatic carbocycles. The lowest BCUT2D eigenvalue weighted by Gasteiger charge is -2.38. The van der Waals surface area contributed by atoms with Gasteiger partial charge in [-0.05, 0) is 38.1 Å². The molecule has 1 aliphatic heterocycles. The van der Waals surface area contributed by atoms with E-state index in [1.54, 1.807) is 0 Å². The third-order valence-corrected chi connectivity index (χ3v) is 5.02. The molecule has 0 aliphatic carbocycles. The van der Waals surface area contributed by atoms with Gasteiger partial charge in [0.1, 0.15) is 0 Å². The van der Waals surface area contributed by atoms with Crippen LogP contribution in [0.1, 0.15) is 19.8 Å². The van der Waals surface area contributed by atoms with Crippen molar-refractivity contribution in [1.29, 1.82) is 5.41 Å². The highest BCUT2D eigenvalue weighted by Gasteiger charge is 2.32. The molecule has 0 radical (unpaired) electrons. The van der Waals surface area contributed by atoms with Crippen LogP contribution in [0.15, 0.2) is 35.2 Å². The summed E-state index contributed by atoms with van der Waals surface area (Å²) in [6.07, 6.45) is 2.02. The summed E-state index contributed by atoms with van der Waals surface area (Å²) in [7, 11) is 0. The molecule has 0 atom stereocenters. The number of likely N-dealkylation sites (tertiary alicyclic amines) is 1. The molecule has 0 saturated carbocycles. The molecule has 0 aromatic heterocycles. The van der Waals surface area contributed by atoms with Gasteiger partial charge in [-0.25, -0.2) is 0 Å². The molecule has 0 amide bonds. The quantitative estimate of drug-likeness (QED) is 0.494. The van der Waals surface area contributed by atoms with Crippen molar-refractivity contribution in [1.82, 2.24) is 4.90 Å². The van der Waals surface area contributed by atoms with Gasteiger partial charge in [-0.1, -0.05) is 25.1 Å². The number of hydrogen-bond donors (Lipinski definition) is 2. The Hall–Kier alpha value is -1.00. The van der Waals surface area contributed by atoms with Crippen molar-refractivity contribution in [3.8, 4) is 0 Å². The van der Waals surface area contributed by atoms with Gasteiger partial charge >= 0.3 is 0 Å². The van der Waals surface area contributed by atoms with Gasteiger partial charge in [0.2, 0.25) is 0 Å². The Kier molecular flexibility index (Phi) is 4.88. The minimum atomic E-state index is -0.0664. The van der Waals surface area contributed by atoms with E-state index in [2.05, 4.69) is 42.2 Å². The lowest BCUT2D eigenvalue weighted by molar-refractivity contribution is 0.170. The van der Waals surface area contributed by atoms with E-state index in [1.165, 1.54) is 4.90 Å². The largest absolute Gasteiger partial charge is 0.387 e. The van der Waals surface area contributed by atoms with E-state index >= 15 is 0 Å². The molecule has 0 bridgehead atoms. The third kappa shape index (κ3) is 3.98. The lowest BCUT2D eigenvalue weighted by Crippen LogP contribution is -2.45. The molecule has 4 heteroatoms. The van der Waals surface area contributed by atoms with Crippen molar-refractivity contribution < 1.29 is 0 Å². The first-order valence-electron chi connectivity index (χ1n) is 6.85. The van der Waals surface area contributed by atoms with Gasteiger partial charge in [0, 0.05) is 22.6 Å². The second-order valence-electron chi connectivity index (χ2n) is 5.48. The minimum absolute atomic E-state index is 0.0664. The van der Waals surface area contributed by atoms with Crippen molar-refractivity contribution in [2.24, 2.45) is 11.1 Å². The summed E-state index contributed by atoms with van der Waals surface area (Å²) in [6.45, 7) is 5.36. The van der Waals surface area contributed by atoms with E-state index in [-0.39, 0.29) is 5.41 Å². The Morgan fingerprint density at radius 2 is 1.95 bits per heavy atom. The molecule has 2 rings (SSSR count). The van der Waals surface area contributed by atoms with Crippen LogP contribution < -0.4 is 5.73 Å². The molecule has 1 fully saturated rings. The van der Waals surface area contributed by atoms with E-state index < -0.39 is 0 Å². The van der Waals surface area contributed by atoms with Crippen LogP contribution in [0.4, 0.5) is 0 Å². The molecule has 104 valence electrons. The van der Waals surface area contributed by atoms with Crippen LogP contribution in [0.5, 0.6) is 0 Å². The maximum atomic E-state index is 7.66. The van der Waals surface area contributed by atoms with E-state index in [0.717, 1.165) is 38.2 Å². The van der Waals surface area contributed by atoms with Gasteiger partial charge in [0.05, 0.1) is 5.84 Å². The molecule has 3 nitrogen and oxygen atoms in total.